The third kappa shape index (κ3) is 1.49. The van der Waals surface area contributed by atoms with Gasteiger partial charge in [-0.1, -0.05) is 19.1 Å². The fraction of sp³-hybridized carbons (Fsp3) is 0.571. The van der Waals surface area contributed by atoms with Crippen LogP contribution in [-0.4, -0.2) is 12.8 Å². The average Bonchev–Trinajstić information content (AvgIpc) is 1.94. The fourth-order valence-corrected chi connectivity index (χ4v) is 0.750. The number of allylic oxidation sites excluding steroid dienone is 1. The van der Waals surface area contributed by atoms with Crippen LogP contribution in [-0.2, 0) is 0 Å². The number of hydrogen-bond donors (Lipinski definition) is 0. The van der Waals surface area contributed by atoms with Crippen LogP contribution in [0.25, 0.3) is 0 Å². The molecule has 0 spiro atoms. The molecule has 44 valence electrons. The molecule has 0 aromatic rings. The molecule has 0 aliphatic carbocycles. The molecular weight excluding hydrogens is 98.1 g/mol. The standard InChI is InChI=1S/C7H11N/c1-7-4-2-3-5-8-6-7/h2,4,6-7H,3,5H2,1H3. The van der Waals surface area contributed by atoms with Gasteiger partial charge in [-0.15, -0.1) is 0 Å². The molecule has 1 heterocycles. The van der Waals surface area contributed by atoms with Crippen LogP contribution < -0.4 is 0 Å². The van der Waals surface area contributed by atoms with Crippen LogP contribution in [0.5, 0.6) is 0 Å². The van der Waals surface area contributed by atoms with Crippen molar-refractivity contribution in [2.24, 2.45) is 10.9 Å². The highest BCUT2D eigenvalue weighted by molar-refractivity contribution is 5.62. The van der Waals surface area contributed by atoms with Crippen LogP contribution in [0.4, 0.5) is 0 Å². The molecule has 1 rings (SSSR count). The minimum absolute atomic E-state index is 0.553. The van der Waals surface area contributed by atoms with Gasteiger partial charge in [-0.2, -0.15) is 0 Å². The maximum Gasteiger partial charge on any atom is 0.0420 e. The van der Waals surface area contributed by atoms with E-state index in [1.165, 1.54) is 0 Å². The normalized spacial score (nSPS) is 27.9. The number of rotatable bonds is 0. The summed E-state index contributed by atoms with van der Waals surface area (Å²) < 4.78 is 0. The predicted molar refractivity (Wildman–Crippen MR) is 36.3 cm³/mol. The van der Waals surface area contributed by atoms with Gasteiger partial charge in [0.1, 0.15) is 0 Å². The van der Waals surface area contributed by atoms with Gasteiger partial charge < -0.3 is 0 Å². The summed E-state index contributed by atoms with van der Waals surface area (Å²) in [5, 5.41) is 0. The molecule has 8 heavy (non-hydrogen) atoms. The van der Waals surface area contributed by atoms with E-state index in [-0.39, 0.29) is 0 Å². The van der Waals surface area contributed by atoms with E-state index in [9.17, 15) is 0 Å². The lowest BCUT2D eigenvalue weighted by Gasteiger charge is -1.89. The van der Waals surface area contributed by atoms with Gasteiger partial charge in [0.25, 0.3) is 0 Å². The third-order valence-electron chi connectivity index (χ3n) is 1.21. The van der Waals surface area contributed by atoms with E-state index in [2.05, 4.69) is 24.1 Å². The van der Waals surface area contributed by atoms with E-state index in [4.69, 9.17) is 0 Å². The van der Waals surface area contributed by atoms with Gasteiger partial charge in [-0.3, -0.25) is 4.99 Å². The first kappa shape index (κ1) is 5.54. The van der Waals surface area contributed by atoms with Gasteiger partial charge in [-0.05, 0) is 6.42 Å². The van der Waals surface area contributed by atoms with Crippen molar-refractivity contribution in [1.29, 1.82) is 0 Å². The SMILES string of the molecule is CC1C=CCCN=C1. The summed E-state index contributed by atoms with van der Waals surface area (Å²) in [7, 11) is 0. The molecule has 0 fully saturated rings. The summed E-state index contributed by atoms with van der Waals surface area (Å²) in [6, 6.07) is 0. The first-order chi connectivity index (χ1) is 3.89. The van der Waals surface area contributed by atoms with Gasteiger partial charge >= 0.3 is 0 Å². The predicted octanol–water partition coefficient (Wildman–Crippen LogP) is 1.65. The van der Waals surface area contributed by atoms with Crippen LogP contribution in [0.3, 0.4) is 0 Å². The monoisotopic (exact) mass is 109 g/mol. The lowest BCUT2D eigenvalue weighted by atomic mass is 10.2. The molecule has 0 radical (unpaired) electrons. The van der Waals surface area contributed by atoms with Crippen LogP contribution in [0.1, 0.15) is 13.3 Å². The smallest absolute Gasteiger partial charge is 0.0420 e. The Kier molecular flexibility index (Phi) is 1.84. The first-order valence-corrected chi connectivity index (χ1v) is 3.06. The molecule has 0 N–H and O–H groups in total. The first-order valence-electron chi connectivity index (χ1n) is 3.06. The molecule has 0 amide bonds. The Morgan fingerprint density at radius 3 is 3.38 bits per heavy atom. The summed E-state index contributed by atoms with van der Waals surface area (Å²) in [6.45, 7) is 3.12. The number of aliphatic imine (C=N–C) groups is 1. The van der Waals surface area contributed by atoms with Crippen LogP contribution >= 0.6 is 0 Å². The molecule has 1 nitrogen and oxygen atoms in total. The average molecular weight is 109 g/mol. The quantitative estimate of drug-likeness (QED) is 0.419. The Bertz CT molecular complexity index is 99.6. The zero-order valence-electron chi connectivity index (χ0n) is 5.17. The maximum atomic E-state index is 4.16. The zero-order valence-corrected chi connectivity index (χ0v) is 5.17. The van der Waals surface area contributed by atoms with Crippen molar-refractivity contribution < 1.29 is 0 Å². The van der Waals surface area contributed by atoms with E-state index >= 15 is 0 Å². The van der Waals surface area contributed by atoms with Crippen LogP contribution in [0.2, 0.25) is 0 Å². The maximum absolute atomic E-state index is 4.16. The summed E-state index contributed by atoms with van der Waals surface area (Å²) in [5.74, 6) is 0.553. The second-order valence-corrected chi connectivity index (χ2v) is 2.13. The van der Waals surface area contributed by atoms with Gasteiger partial charge in [0, 0.05) is 18.7 Å². The van der Waals surface area contributed by atoms with Gasteiger partial charge in [-0.25, -0.2) is 0 Å². The van der Waals surface area contributed by atoms with Crippen LogP contribution in [0, 0.1) is 5.92 Å². The van der Waals surface area contributed by atoms with Crippen molar-refractivity contribution >= 4 is 6.21 Å². The van der Waals surface area contributed by atoms with E-state index < -0.39 is 0 Å². The fourth-order valence-electron chi connectivity index (χ4n) is 0.750. The molecule has 1 heteroatoms. The summed E-state index contributed by atoms with van der Waals surface area (Å²) in [4.78, 5) is 4.16. The Morgan fingerprint density at radius 2 is 2.50 bits per heavy atom. The highest BCUT2D eigenvalue weighted by Crippen LogP contribution is 1.99. The molecule has 0 aromatic carbocycles. The Morgan fingerprint density at radius 1 is 1.62 bits per heavy atom. The zero-order chi connectivity index (χ0) is 5.82. The van der Waals surface area contributed by atoms with E-state index in [1.807, 2.05) is 6.21 Å². The topological polar surface area (TPSA) is 12.4 Å². The lowest BCUT2D eigenvalue weighted by molar-refractivity contribution is 1.01. The van der Waals surface area contributed by atoms with Gasteiger partial charge in [0.05, 0.1) is 0 Å². The molecule has 1 aliphatic rings. The molecule has 0 saturated heterocycles. The highest BCUT2D eigenvalue weighted by atomic mass is 14.7. The Hall–Kier alpha value is -0.590. The van der Waals surface area contributed by atoms with Crippen molar-refractivity contribution in [3.05, 3.63) is 12.2 Å². The molecule has 0 bridgehead atoms. The molecule has 1 atom stereocenters. The van der Waals surface area contributed by atoms with Gasteiger partial charge in [0.2, 0.25) is 0 Å². The second kappa shape index (κ2) is 2.65. The van der Waals surface area contributed by atoms with Crippen molar-refractivity contribution in [2.75, 3.05) is 6.54 Å². The van der Waals surface area contributed by atoms with E-state index in [0.717, 1.165) is 13.0 Å². The Labute approximate surface area is 50.1 Å². The minimum atomic E-state index is 0.553. The van der Waals surface area contributed by atoms with Crippen molar-refractivity contribution in [1.82, 2.24) is 0 Å². The third-order valence-corrected chi connectivity index (χ3v) is 1.21. The summed E-state index contributed by atoms with van der Waals surface area (Å²) in [6.07, 6.45) is 7.50. The van der Waals surface area contributed by atoms with Crippen molar-refractivity contribution in [3.8, 4) is 0 Å². The number of hydrogen-bond acceptors (Lipinski definition) is 1. The molecule has 1 unspecified atom stereocenters. The van der Waals surface area contributed by atoms with E-state index in [1.54, 1.807) is 0 Å². The lowest BCUT2D eigenvalue weighted by Crippen LogP contribution is -1.87. The van der Waals surface area contributed by atoms with Crippen LogP contribution in [0.15, 0.2) is 17.1 Å². The van der Waals surface area contributed by atoms with Gasteiger partial charge in [0.15, 0.2) is 0 Å². The summed E-state index contributed by atoms with van der Waals surface area (Å²) in [5.41, 5.74) is 0. The molecule has 0 aromatic heterocycles. The largest absolute Gasteiger partial charge is 0.297 e. The minimum Gasteiger partial charge on any atom is -0.297 e. The van der Waals surface area contributed by atoms with E-state index in [0.29, 0.717) is 5.92 Å². The summed E-state index contributed by atoms with van der Waals surface area (Å²) >= 11 is 0. The second-order valence-electron chi connectivity index (χ2n) is 2.13. The molecule has 0 saturated carbocycles. The van der Waals surface area contributed by atoms with Crippen molar-refractivity contribution in [3.63, 3.8) is 0 Å². The molecule has 1 aliphatic heterocycles. The number of nitrogens with zero attached hydrogens (tertiary/aromatic N) is 1. The molecular formula is C7H11N. The van der Waals surface area contributed by atoms with Crippen molar-refractivity contribution in [2.45, 2.75) is 13.3 Å². The highest BCUT2D eigenvalue weighted by Gasteiger charge is 1.91. The Balaban J connectivity index is 2.51.